The Balaban J connectivity index is 2.41. The Bertz CT molecular complexity index is 604. The van der Waals surface area contributed by atoms with Crippen LogP contribution in [0.5, 0.6) is 5.75 Å². The van der Waals surface area contributed by atoms with Gasteiger partial charge in [0.15, 0.2) is 11.6 Å². The zero-order chi connectivity index (χ0) is 14.0. The van der Waals surface area contributed by atoms with E-state index in [4.69, 9.17) is 16.3 Å². The largest absolute Gasteiger partial charge is 0.494 e. The van der Waals surface area contributed by atoms with E-state index in [0.29, 0.717) is 5.02 Å². The van der Waals surface area contributed by atoms with Crippen molar-refractivity contribution < 1.29 is 9.13 Å². The maximum absolute atomic E-state index is 13.7. The second-order valence-corrected chi connectivity index (χ2v) is 6.05. The summed E-state index contributed by atoms with van der Waals surface area (Å²) in [7, 11) is 1.44. The van der Waals surface area contributed by atoms with E-state index in [9.17, 15) is 4.39 Å². The zero-order valence-corrected chi connectivity index (χ0v) is 13.9. The summed E-state index contributed by atoms with van der Waals surface area (Å²) in [6.45, 7) is 0. The lowest BCUT2D eigenvalue weighted by Gasteiger charge is -2.14. The maximum atomic E-state index is 13.7. The molecule has 0 fully saturated rings. The summed E-state index contributed by atoms with van der Waals surface area (Å²) >= 11 is 13.2. The summed E-state index contributed by atoms with van der Waals surface area (Å²) in [5.41, 5.74) is 1.65. The van der Waals surface area contributed by atoms with E-state index in [-0.39, 0.29) is 10.6 Å². The Morgan fingerprint density at radius 3 is 2.63 bits per heavy atom. The topological polar surface area (TPSA) is 9.23 Å². The van der Waals surface area contributed by atoms with Crippen LogP contribution in [-0.4, -0.2) is 7.11 Å². The molecule has 0 heterocycles. The highest BCUT2D eigenvalue weighted by Crippen LogP contribution is 2.39. The molecular formula is C14H10Br2ClFO. The number of benzene rings is 2. The van der Waals surface area contributed by atoms with E-state index >= 15 is 0 Å². The summed E-state index contributed by atoms with van der Waals surface area (Å²) in [5.74, 6) is -0.167. The highest BCUT2D eigenvalue weighted by Gasteiger charge is 2.17. The van der Waals surface area contributed by atoms with Crippen LogP contribution in [0.15, 0.2) is 40.9 Å². The van der Waals surface area contributed by atoms with Gasteiger partial charge in [-0.2, -0.15) is 0 Å². The van der Waals surface area contributed by atoms with Gasteiger partial charge in [0.05, 0.1) is 17.0 Å². The third-order valence-corrected chi connectivity index (χ3v) is 5.06. The minimum absolute atomic E-state index is 0.182. The predicted octanol–water partition coefficient (Wildman–Crippen LogP) is 5.73. The highest BCUT2D eigenvalue weighted by molar-refractivity contribution is 9.10. The van der Waals surface area contributed by atoms with Gasteiger partial charge in [0.1, 0.15) is 0 Å². The van der Waals surface area contributed by atoms with Crippen molar-refractivity contribution in [3.63, 3.8) is 0 Å². The van der Waals surface area contributed by atoms with Crippen molar-refractivity contribution in [3.05, 3.63) is 62.8 Å². The molecule has 0 aliphatic heterocycles. The van der Waals surface area contributed by atoms with Gasteiger partial charge in [-0.1, -0.05) is 45.7 Å². The van der Waals surface area contributed by atoms with Gasteiger partial charge >= 0.3 is 0 Å². The van der Waals surface area contributed by atoms with E-state index in [1.165, 1.54) is 13.2 Å². The second-order valence-electron chi connectivity index (χ2n) is 3.90. The smallest absolute Gasteiger partial charge is 0.165 e. The summed E-state index contributed by atoms with van der Waals surface area (Å²) in [6, 6.07) is 10.5. The molecule has 0 radical (unpaired) electrons. The quantitative estimate of drug-likeness (QED) is 0.589. The Morgan fingerprint density at radius 2 is 2.00 bits per heavy atom. The number of hydrogen-bond acceptors (Lipinski definition) is 1. The lowest BCUT2D eigenvalue weighted by Crippen LogP contribution is -1.96. The Hall–Kier alpha value is -0.580. The van der Waals surface area contributed by atoms with Crippen LogP contribution in [0, 0.1) is 5.82 Å². The van der Waals surface area contributed by atoms with Crippen molar-refractivity contribution in [2.45, 2.75) is 4.83 Å². The molecule has 1 unspecified atom stereocenters. The van der Waals surface area contributed by atoms with Crippen LogP contribution in [0.1, 0.15) is 16.0 Å². The molecule has 0 aliphatic rings. The zero-order valence-electron chi connectivity index (χ0n) is 9.96. The Morgan fingerprint density at radius 1 is 1.26 bits per heavy atom. The molecule has 0 saturated heterocycles. The fraction of sp³-hybridized carbons (Fsp3) is 0.143. The van der Waals surface area contributed by atoms with Gasteiger partial charge in [-0.05, 0) is 45.3 Å². The number of methoxy groups -OCH3 is 1. The SMILES string of the molecule is COc1ccc(C(Br)c2cccc(Br)c2Cl)cc1F. The molecule has 100 valence electrons. The number of hydrogen-bond donors (Lipinski definition) is 0. The minimum Gasteiger partial charge on any atom is -0.494 e. The molecule has 0 bridgehead atoms. The van der Waals surface area contributed by atoms with Gasteiger partial charge < -0.3 is 4.74 Å². The van der Waals surface area contributed by atoms with Gasteiger partial charge in [-0.3, -0.25) is 0 Å². The van der Waals surface area contributed by atoms with Gasteiger partial charge in [-0.25, -0.2) is 4.39 Å². The predicted molar refractivity (Wildman–Crippen MR) is 82.9 cm³/mol. The molecule has 19 heavy (non-hydrogen) atoms. The molecule has 0 saturated carbocycles. The average molecular weight is 408 g/mol. The van der Waals surface area contributed by atoms with Crippen LogP contribution in [0.3, 0.4) is 0 Å². The van der Waals surface area contributed by atoms with E-state index in [1.807, 2.05) is 18.2 Å². The number of rotatable bonds is 3. The molecule has 0 aromatic heterocycles. The summed E-state index contributed by atoms with van der Waals surface area (Å²) in [4.78, 5) is -0.182. The first kappa shape index (κ1) is 14.8. The molecule has 0 aliphatic carbocycles. The van der Waals surface area contributed by atoms with Gasteiger partial charge in [-0.15, -0.1) is 0 Å². The number of ether oxygens (including phenoxy) is 1. The third-order valence-electron chi connectivity index (χ3n) is 2.72. The molecule has 1 atom stereocenters. The fourth-order valence-electron chi connectivity index (χ4n) is 1.74. The average Bonchev–Trinajstić information content (AvgIpc) is 2.41. The lowest BCUT2D eigenvalue weighted by molar-refractivity contribution is 0.386. The maximum Gasteiger partial charge on any atom is 0.165 e. The third kappa shape index (κ3) is 3.12. The van der Waals surface area contributed by atoms with Crippen molar-refractivity contribution in [1.82, 2.24) is 0 Å². The first-order valence-corrected chi connectivity index (χ1v) is 7.54. The molecule has 2 rings (SSSR count). The van der Waals surface area contributed by atoms with Crippen LogP contribution in [0.25, 0.3) is 0 Å². The van der Waals surface area contributed by atoms with E-state index in [2.05, 4.69) is 31.9 Å². The molecule has 2 aromatic carbocycles. The Labute approximate surface area is 133 Å². The van der Waals surface area contributed by atoms with E-state index in [0.717, 1.165) is 15.6 Å². The van der Waals surface area contributed by atoms with Crippen molar-refractivity contribution >= 4 is 43.5 Å². The molecule has 5 heteroatoms. The van der Waals surface area contributed by atoms with Gasteiger partial charge in [0.25, 0.3) is 0 Å². The fourth-order valence-corrected chi connectivity index (χ4v) is 3.15. The lowest BCUT2D eigenvalue weighted by atomic mass is 10.0. The normalized spacial score (nSPS) is 12.3. The Kier molecular flexibility index (Phi) is 4.87. The summed E-state index contributed by atoms with van der Waals surface area (Å²) in [6.07, 6.45) is 0. The van der Waals surface area contributed by atoms with Crippen molar-refractivity contribution in [2.75, 3.05) is 7.11 Å². The second kappa shape index (κ2) is 6.25. The van der Waals surface area contributed by atoms with E-state index < -0.39 is 5.82 Å². The summed E-state index contributed by atoms with van der Waals surface area (Å²) in [5, 5.41) is 0.612. The van der Waals surface area contributed by atoms with Crippen LogP contribution in [0.4, 0.5) is 4.39 Å². The van der Waals surface area contributed by atoms with Crippen molar-refractivity contribution in [1.29, 1.82) is 0 Å². The molecular weight excluding hydrogens is 398 g/mol. The standard InChI is InChI=1S/C14H10Br2ClFO/c1-19-12-6-5-8(7-11(12)18)13(16)9-3-2-4-10(15)14(9)17/h2-7,13H,1H3. The van der Waals surface area contributed by atoms with Gasteiger partial charge in [0, 0.05) is 4.47 Å². The molecule has 0 amide bonds. The summed E-state index contributed by atoms with van der Waals surface area (Å²) < 4.78 is 19.4. The number of halogens is 4. The molecule has 1 nitrogen and oxygen atoms in total. The first-order valence-electron chi connectivity index (χ1n) is 5.46. The minimum atomic E-state index is -0.393. The van der Waals surface area contributed by atoms with Crippen LogP contribution >= 0.6 is 43.5 Å². The molecule has 0 N–H and O–H groups in total. The van der Waals surface area contributed by atoms with Gasteiger partial charge in [0.2, 0.25) is 0 Å². The molecule has 2 aromatic rings. The monoisotopic (exact) mass is 406 g/mol. The van der Waals surface area contributed by atoms with Crippen molar-refractivity contribution in [3.8, 4) is 5.75 Å². The van der Waals surface area contributed by atoms with Crippen LogP contribution < -0.4 is 4.74 Å². The highest BCUT2D eigenvalue weighted by atomic mass is 79.9. The first-order chi connectivity index (χ1) is 9.04. The van der Waals surface area contributed by atoms with Crippen LogP contribution in [-0.2, 0) is 0 Å². The van der Waals surface area contributed by atoms with Crippen molar-refractivity contribution in [2.24, 2.45) is 0 Å². The molecule has 0 spiro atoms. The van der Waals surface area contributed by atoms with Crippen LogP contribution in [0.2, 0.25) is 5.02 Å². The number of alkyl halides is 1. The van der Waals surface area contributed by atoms with E-state index in [1.54, 1.807) is 12.1 Å².